The summed E-state index contributed by atoms with van der Waals surface area (Å²) in [5.41, 5.74) is 1.87. The molecule has 3 aromatic carbocycles. The Hall–Kier alpha value is -2.70. The molecule has 156 valence electrons. The molecule has 0 radical (unpaired) electrons. The van der Waals surface area contributed by atoms with Crippen LogP contribution in [-0.4, -0.2) is 31.7 Å². The third kappa shape index (κ3) is 4.71. The molecular weight excluding hydrogens is 396 g/mol. The lowest BCUT2D eigenvalue weighted by Gasteiger charge is -2.30. The summed E-state index contributed by atoms with van der Waals surface area (Å²) in [6.45, 7) is 1.26. The Balaban J connectivity index is 1.32. The van der Waals surface area contributed by atoms with E-state index in [0.717, 1.165) is 21.9 Å². The summed E-state index contributed by atoms with van der Waals surface area (Å²) in [7, 11) is -3.36. The molecule has 1 fully saturated rings. The van der Waals surface area contributed by atoms with Gasteiger partial charge in [0.1, 0.15) is 0 Å². The minimum absolute atomic E-state index is 0.00282. The molecule has 0 aromatic heterocycles. The number of fused-ring (bicyclic) bond motifs is 1. The fourth-order valence-corrected chi connectivity index (χ4v) is 5.61. The highest BCUT2D eigenvalue weighted by molar-refractivity contribution is 7.88. The van der Waals surface area contributed by atoms with E-state index in [9.17, 15) is 13.2 Å². The van der Waals surface area contributed by atoms with Gasteiger partial charge in [0.15, 0.2) is 0 Å². The normalized spacial score (nSPS) is 15.9. The molecule has 1 heterocycles. The summed E-state index contributed by atoms with van der Waals surface area (Å²) < 4.78 is 26.9. The zero-order valence-corrected chi connectivity index (χ0v) is 17.6. The van der Waals surface area contributed by atoms with Gasteiger partial charge >= 0.3 is 0 Å². The second-order valence-electron chi connectivity index (χ2n) is 7.77. The van der Waals surface area contributed by atoms with Crippen molar-refractivity contribution >= 4 is 26.7 Å². The molecule has 0 saturated carbocycles. The van der Waals surface area contributed by atoms with Crippen LogP contribution >= 0.6 is 0 Å². The minimum atomic E-state index is -3.36. The van der Waals surface area contributed by atoms with E-state index in [2.05, 4.69) is 23.5 Å². The maximum absolute atomic E-state index is 12.7. The summed E-state index contributed by atoms with van der Waals surface area (Å²) in [6, 6.07) is 23.4. The summed E-state index contributed by atoms with van der Waals surface area (Å²) in [6.07, 6.45) is 1.10. The van der Waals surface area contributed by atoms with Gasteiger partial charge in [-0.2, -0.15) is 0 Å². The van der Waals surface area contributed by atoms with E-state index < -0.39 is 10.0 Å². The Kier molecular flexibility index (Phi) is 6.16. The van der Waals surface area contributed by atoms with Gasteiger partial charge in [0.25, 0.3) is 0 Å². The maximum atomic E-state index is 12.7. The van der Waals surface area contributed by atoms with E-state index in [1.807, 2.05) is 54.6 Å². The molecule has 0 spiro atoms. The van der Waals surface area contributed by atoms with Crippen LogP contribution in [0.1, 0.15) is 24.0 Å². The highest BCUT2D eigenvalue weighted by atomic mass is 32.2. The van der Waals surface area contributed by atoms with Crippen molar-refractivity contribution in [2.24, 2.45) is 5.92 Å². The lowest BCUT2D eigenvalue weighted by Crippen LogP contribution is -2.43. The van der Waals surface area contributed by atoms with Crippen LogP contribution in [0.2, 0.25) is 0 Å². The molecule has 1 aliphatic rings. The zero-order valence-electron chi connectivity index (χ0n) is 16.8. The second-order valence-corrected chi connectivity index (χ2v) is 9.74. The monoisotopic (exact) mass is 422 g/mol. The van der Waals surface area contributed by atoms with Crippen molar-refractivity contribution in [3.63, 3.8) is 0 Å². The third-order valence-electron chi connectivity index (χ3n) is 5.74. The van der Waals surface area contributed by atoms with Gasteiger partial charge in [-0.25, -0.2) is 12.7 Å². The predicted octanol–water partition coefficient (Wildman–Crippen LogP) is 3.70. The standard InChI is InChI=1S/C24H26N2O3S/c27-24(25-17-22-11-6-10-20-9-4-5-12-23(20)22)21-13-15-26(16-14-21)30(28,29)18-19-7-2-1-3-8-19/h1-12,21H,13-18H2,(H,25,27). The molecule has 1 N–H and O–H groups in total. The van der Waals surface area contributed by atoms with Crippen LogP contribution < -0.4 is 5.32 Å². The van der Waals surface area contributed by atoms with Crippen molar-refractivity contribution in [1.29, 1.82) is 0 Å². The van der Waals surface area contributed by atoms with Crippen molar-refractivity contribution < 1.29 is 13.2 Å². The average Bonchev–Trinajstić information content (AvgIpc) is 2.78. The van der Waals surface area contributed by atoms with Crippen LogP contribution in [-0.2, 0) is 27.1 Å². The maximum Gasteiger partial charge on any atom is 0.223 e. The molecule has 6 heteroatoms. The van der Waals surface area contributed by atoms with Crippen LogP contribution in [0.4, 0.5) is 0 Å². The van der Waals surface area contributed by atoms with Crippen molar-refractivity contribution in [3.8, 4) is 0 Å². The molecule has 1 amide bonds. The first-order chi connectivity index (χ1) is 14.5. The number of sulfonamides is 1. The number of amides is 1. The molecule has 1 aliphatic heterocycles. The van der Waals surface area contributed by atoms with Gasteiger partial charge in [-0.1, -0.05) is 72.8 Å². The lowest BCUT2D eigenvalue weighted by molar-refractivity contribution is -0.126. The van der Waals surface area contributed by atoms with E-state index in [0.29, 0.717) is 32.5 Å². The Morgan fingerprint density at radius 2 is 1.57 bits per heavy atom. The number of benzene rings is 3. The Morgan fingerprint density at radius 3 is 2.33 bits per heavy atom. The third-order valence-corrected chi connectivity index (χ3v) is 7.59. The molecule has 3 aromatic rings. The molecule has 0 unspecified atom stereocenters. The molecule has 4 rings (SSSR count). The first-order valence-corrected chi connectivity index (χ1v) is 11.9. The zero-order chi connectivity index (χ0) is 21.0. The molecule has 0 atom stereocenters. The smallest absolute Gasteiger partial charge is 0.223 e. The number of rotatable bonds is 6. The summed E-state index contributed by atoms with van der Waals surface area (Å²) >= 11 is 0. The molecule has 5 nitrogen and oxygen atoms in total. The fourth-order valence-electron chi connectivity index (χ4n) is 4.05. The topological polar surface area (TPSA) is 66.5 Å². The number of nitrogens with zero attached hydrogens (tertiary/aromatic N) is 1. The van der Waals surface area contributed by atoms with E-state index in [4.69, 9.17) is 0 Å². The number of carbonyl (C=O) groups is 1. The van der Waals surface area contributed by atoms with Crippen LogP contribution in [0.25, 0.3) is 10.8 Å². The highest BCUT2D eigenvalue weighted by Gasteiger charge is 2.31. The van der Waals surface area contributed by atoms with Gasteiger partial charge in [0.2, 0.25) is 15.9 Å². The van der Waals surface area contributed by atoms with Gasteiger partial charge < -0.3 is 5.32 Å². The van der Waals surface area contributed by atoms with E-state index >= 15 is 0 Å². The highest BCUT2D eigenvalue weighted by Crippen LogP contribution is 2.23. The van der Waals surface area contributed by atoms with Crippen molar-refractivity contribution in [1.82, 2.24) is 9.62 Å². The number of hydrogen-bond donors (Lipinski definition) is 1. The Morgan fingerprint density at radius 1 is 0.900 bits per heavy atom. The molecule has 30 heavy (non-hydrogen) atoms. The first-order valence-electron chi connectivity index (χ1n) is 10.3. The first kappa shape index (κ1) is 20.6. The van der Waals surface area contributed by atoms with Gasteiger partial charge in [-0.3, -0.25) is 4.79 Å². The minimum Gasteiger partial charge on any atom is -0.352 e. The Labute approximate surface area is 177 Å². The molecule has 1 saturated heterocycles. The molecule has 0 bridgehead atoms. The van der Waals surface area contributed by atoms with Crippen molar-refractivity contribution in [2.75, 3.05) is 13.1 Å². The van der Waals surface area contributed by atoms with Crippen LogP contribution in [0.3, 0.4) is 0 Å². The van der Waals surface area contributed by atoms with Gasteiger partial charge in [0, 0.05) is 25.6 Å². The summed E-state index contributed by atoms with van der Waals surface area (Å²) in [4.78, 5) is 12.7. The van der Waals surface area contributed by atoms with E-state index in [1.54, 1.807) is 0 Å². The number of carbonyl (C=O) groups excluding carboxylic acids is 1. The quantitative estimate of drug-likeness (QED) is 0.659. The van der Waals surface area contributed by atoms with Gasteiger partial charge in [-0.15, -0.1) is 0 Å². The van der Waals surface area contributed by atoms with Crippen LogP contribution in [0.15, 0.2) is 72.8 Å². The largest absolute Gasteiger partial charge is 0.352 e. The van der Waals surface area contributed by atoms with Gasteiger partial charge in [0.05, 0.1) is 5.75 Å². The van der Waals surface area contributed by atoms with Crippen LogP contribution in [0, 0.1) is 5.92 Å². The number of piperidine rings is 1. The molecular formula is C24H26N2O3S. The number of hydrogen-bond acceptors (Lipinski definition) is 3. The van der Waals surface area contributed by atoms with Crippen molar-refractivity contribution in [3.05, 3.63) is 83.9 Å². The van der Waals surface area contributed by atoms with Crippen molar-refractivity contribution in [2.45, 2.75) is 25.1 Å². The average molecular weight is 423 g/mol. The summed E-state index contributed by atoms with van der Waals surface area (Å²) in [5.74, 6) is -0.141. The summed E-state index contributed by atoms with van der Waals surface area (Å²) in [5, 5.41) is 5.34. The predicted molar refractivity (Wildman–Crippen MR) is 119 cm³/mol. The number of nitrogens with one attached hydrogen (secondary N) is 1. The second kappa shape index (κ2) is 8.98. The fraction of sp³-hybridized carbons (Fsp3) is 0.292. The van der Waals surface area contributed by atoms with E-state index in [-0.39, 0.29) is 17.6 Å². The SMILES string of the molecule is O=C(NCc1cccc2ccccc12)C1CCN(S(=O)(=O)Cc2ccccc2)CC1. The van der Waals surface area contributed by atoms with Gasteiger partial charge in [-0.05, 0) is 34.7 Å². The lowest BCUT2D eigenvalue weighted by atomic mass is 9.97. The molecule has 0 aliphatic carbocycles. The Bertz CT molecular complexity index is 1120. The van der Waals surface area contributed by atoms with E-state index in [1.165, 1.54) is 4.31 Å². The van der Waals surface area contributed by atoms with Crippen LogP contribution in [0.5, 0.6) is 0 Å².